The topological polar surface area (TPSA) is 35.5 Å². The molecule has 0 saturated carbocycles. The van der Waals surface area contributed by atoms with Crippen LogP contribution >= 0.6 is 54.8 Å². The van der Waals surface area contributed by atoms with Gasteiger partial charge in [-0.05, 0) is 50.1 Å². The monoisotopic (exact) mass is 438 g/mol. The van der Waals surface area contributed by atoms with Gasteiger partial charge in [0.05, 0.1) is 28.4 Å². The first-order chi connectivity index (χ1) is 9.49. The summed E-state index contributed by atoms with van der Waals surface area (Å²) >= 11 is 14.2. The summed E-state index contributed by atoms with van der Waals surface area (Å²) in [5, 5.41) is 0.288. The Morgan fingerprint density at radius 1 is 1.25 bits per heavy atom. The lowest BCUT2D eigenvalue weighted by Crippen LogP contribution is -2.03. The molecular weight excluding hydrogens is 431 g/mol. The van der Waals surface area contributed by atoms with Crippen molar-refractivity contribution >= 4 is 60.6 Å². The third kappa shape index (κ3) is 2.88. The fourth-order valence-corrected chi connectivity index (χ4v) is 3.97. The van der Waals surface area contributed by atoms with Crippen molar-refractivity contribution in [1.29, 1.82) is 0 Å². The molecule has 0 bridgehead atoms. The van der Waals surface area contributed by atoms with E-state index in [0.717, 1.165) is 8.26 Å². The van der Waals surface area contributed by atoms with Crippen molar-refractivity contribution in [2.45, 2.75) is 0 Å². The number of ether oxygens (including phenoxy) is 2. The molecule has 20 heavy (non-hydrogen) atoms. The summed E-state index contributed by atoms with van der Waals surface area (Å²) in [6, 6.07) is 5.05. The van der Waals surface area contributed by atoms with Gasteiger partial charge in [0.1, 0.15) is 10.8 Å². The van der Waals surface area contributed by atoms with E-state index in [-0.39, 0.29) is 10.8 Å². The largest absolute Gasteiger partial charge is 0.495 e. The average molecular weight is 441 g/mol. The molecule has 7 heteroatoms. The highest BCUT2D eigenvalue weighted by atomic mass is 79.9. The normalized spacial score (nSPS) is 10.4. The molecule has 1 heterocycles. The lowest BCUT2D eigenvalue weighted by atomic mass is 10.1. The van der Waals surface area contributed by atoms with Crippen LogP contribution in [0.2, 0.25) is 5.02 Å². The van der Waals surface area contributed by atoms with E-state index in [0.29, 0.717) is 21.9 Å². The molecule has 0 aliphatic carbocycles. The number of hydrogen-bond donors (Lipinski definition) is 0. The lowest BCUT2D eigenvalue weighted by molar-refractivity contribution is 0.103. The molecule has 0 aliphatic heterocycles. The fourth-order valence-electron chi connectivity index (χ4n) is 1.67. The van der Waals surface area contributed by atoms with Crippen LogP contribution in [0.3, 0.4) is 0 Å². The van der Waals surface area contributed by atoms with E-state index < -0.39 is 0 Å². The Morgan fingerprint density at radius 3 is 2.45 bits per heavy atom. The van der Waals surface area contributed by atoms with Gasteiger partial charge in [-0.15, -0.1) is 11.3 Å². The van der Waals surface area contributed by atoms with Crippen molar-refractivity contribution in [1.82, 2.24) is 0 Å². The van der Waals surface area contributed by atoms with Gasteiger partial charge in [-0.25, -0.2) is 0 Å². The summed E-state index contributed by atoms with van der Waals surface area (Å²) < 4.78 is 12.1. The molecule has 0 spiro atoms. The Labute approximate surface area is 142 Å². The Morgan fingerprint density at radius 2 is 1.95 bits per heavy atom. The molecule has 0 radical (unpaired) electrons. The van der Waals surface area contributed by atoms with E-state index in [9.17, 15) is 4.79 Å². The maximum atomic E-state index is 12.5. The summed E-state index contributed by atoms with van der Waals surface area (Å²) in [4.78, 5) is 13.1. The maximum Gasteiger partial charge on any atom is 0.206 e. The Kier molecular flexibility index (Phi) is 5.12. The van der Waals surface area contributed by atoms with E-state index in [1.54, 1.807) is 18.2 Å². The van der Waals surface area contributed by atoms with Crippen molar-refractivity contribution < 1.29 is 14.3 Å². The Balaban J connectivity index is 2.52. The van der Waals surface area contributed by atoms with E-state index in [1.807, 2.05) is 0 Å². The molecule has 0 atom stereocenters. The predicted molar refractivity (Wildman–Crippen MR) is 87.7 cm³/mol. The molecule has 0 aliphatic rings. The Bertz CT molecular complexity index is 650. The van der Waals surface area contributed by atoms with E-state index in [4.69, 9.17) is 21.1 Å². The van der Waals surface area contributed by atoms with Gasteiger partial charge in [-0.3, -0.25) is 4.79 Å². The molecule has 0 amide bonds. The highest BCUT2D eigenvalue weighted by Gasteiger charge is 2.21. The van der Waals surface area contributed by atoms with Crippen LogP contribution < -0.4 is 9.47 Å². The summed E-state index contributed by atoms with van der Waals surface area (Å²) in [7, 11) is 2.98. The number of rotatable bonds is 4. The third-order valence-electron chi connectivity index (χ3n) is 2.60. The second kappa shape index (κ2) is 6.47. The highest BCUT2D eigenvalue weighted by Crippen LogP contribution is 2.39. The summed E-state index contributed by atoms with van der Waals surface area (Å²) in [6.07, 6.45) is 0. The van der Waals surface area contributed by atoms with Crippen LogP contribution in [-0.2, 0) is 0 Å². The van der Waals surface area contributed by atoms with Crippen LogP contribution in [0, 0.1) is 0 Å². The quantitative estimate of drug-likeness (QED) is 0.615. The number of ketones is 1. The van der Waals surface area contributed by atoms with Crippen LogP contribution in [-0.4, -0.2) is 20.0 Å². The molecule has 1 aromatic carbocycles. The first-order valence-electron chi connectivity index (χ1n) is 5.39. The average Bonchev–Trinajstić information content (AvgIpc) is 2.77. The van der Waals surface area contributed by atoms with Crippen molar-refractivity contribution in [3.63, 3.8) is 0 Å². The summed E-state index contributed by atoms with van der Waals surface area (Å²) in [5.74, 6) is 0.632. The van der Waals surface area contributed by atoms with Gasteiger partial charge in [0.2, 0.25) is 5.78 Å². The van der Waals surface area contributed by atoms with E-state index in [1.165, 1.54) is 25.6 Å². The molecule has 2 rings (SSSR count). The van der Waals surface area contributed by atoms with Gasteiger partial charge in [-0.1, -0.05) is 11.6 Å². The first-order valence-corrected chi connectivity index (χ1v) is 8.17. The van der Waals surface area contributed by atoms with Crippen LogP contribution in [0.15, 0.2) is 26.5 Å². The SMILES string of the molecule is COc1ccc(C(=O)c2cc(Br)c(Br)s2)c(OC)c1Cl. The number of thiophene rings is 1. The third-order valence-corrected chi connectivity index (χ3v) is 6.21. The smallest absolute Gasteiger partial charge is 0.206 e. The minimum atomic E-state index is -0.150. The minimum absolute atomic E-state index is 0.150. The maximum absolute atomic E-state index is 12.5. The number of halogens is 3. The van der Waals surface area contributed by atoms with Gasteiger partial charge in [-0.2, -0.15) is 0 Å². The minimum Gasteiger partial charge on any atom is -0.495 e. The molecular formula is C13H9Br2ClO3S. The second-order valence-corrected chi connectivity index (χ2v) is 7.33. The van der Waals surface area contributed by atoms with E-state index >= 15 is 0 Å². The second-order valence-electron chi connectivity index (χ2n) is 3.72. The molecule has 1 aromatic heterocycles. The first kappa shape index (κ1) is 15.8. The number of benzene rings is 1. The molecule has 0 N–H and O–H groups in total. The molecule has 0 unspecified atom stereocenters. The van der Waals surface area contributed by atoms with Crippen LogP contribution in [0.4, 0.5) is 0 Å². The molecule has 0 saturated heterocycles. The zero-order valence-corrected chi connectivity index (χ0v) is 15.2. The Hall–Kier alpha value is -0.560. The van der Waals surface area contributed by atoms with Crippen LogP contribution in [0.25, 0.3) is 0 Å². The molecule has 0 fully saturated rings. The number of methoxy groups -OCH3 is 2. The van der Waals surface area contributed by atoms with Crippen molar-refractivity contribution in [2.75, 3.05) is 14.2 Å². The molecule has 106 valence electrons. The predicted octanol–water partition coefficient (Wildman–Crippen LogP) is 5.17. The number of carbonyl (C=O) groups excluding carboxylic acids is 1. The van der Waals surface area contributed by atoms with Gasteiger partial charge < -0.3 is 9.47 Å². The number of carbonyl (C=O) groups is 1. The van der Waals surface area contributed by atoms with Crippen molar-refractivity contribution in [3.05, 3.63) is 41.9 Å². The van der Waals surface area contributed by atoms with Crippen molar-refractivity contribution in [2.24, 2.45) is 0 Å². The zero-order chi connectivity index (χ0) is 14.9. The zero-order valence-electron chi connectivity index (χ0n) is 10.5. The molecule has 3 nitrogen and oxygen atoms in total. The summed E-state index contributed by atoms with van der Waals surface area (Å²) in [5.41, 5.74) is 0.402. The van der Waals surface area contributed by atoms with Gasteiger partial charge in [0, 0.05) is 4.47 Å². The lowest BCUT2D eigenvalue weighted by Gasteiger charge is -2.11. The fraction of sp³-hybridized carbons (Fsp3) is 0.154. The van der Waals surface area contributed by atoms with Crippen LogP contribution in [0.5, 0.6) is 11.5 Å². The van der Waals surface area contributed by atoms with Crippen LogP contribution in [0.1, 0.15) is 15.2 Å². The van der Waals surface area contributed by atoms with Crippen molar-refractivity contribution in [3.8, 4) is 11.5 Å². The van der Waals surface area contributed by atoms with Gasteiger partial charge in [0.15, 0.2) is 5.75 Å². The van der Waals surface area contributed by atoms with Gasteiger partial charge >= 0.3 is 0 Å². The molecule has 2 aromatic rings. The number of hydrogen-bond acceptors (Lipinski definition) is 4. The van der Waals surface area contributed by atoms with Gasteiger partial charge in [0.25, 0.3) is 0 Å². The highest BCUT2D eigenvalue weighted by molar-refractivity contribution is 9.13. The summed E-state index contributed by atoms with van der Waals surface area (Å²) in [6.45, 7) is 0. The standard InChI is InChI=1S/C13H9Br2ClO3S/c1-18-8-4-3-6(12(19-2)10(8)16)11(17)9-5-7(14)13(15)20-9/h3-5H,1-2H3. The van der Waals surface area contributed by atoms with E-state index in [2.05, 4.69) is 31.9 Å².